The molecule has 0 saturated heterocycles. The molecule has 0 heterocycles. The van der Waals surface area contributed by atoms with Crippen LogP contribution in [0, 0.1) is 5.41 Å². The van der Waals surface area contributed by atoms with Crippen LogP contribution in [-0.2, 0) is 0 Å². The molecule has 1 heteroatoms. The van der Waals surface area contributed by atoms with Crippen molar-refractivity contribution in [2.24, 2.45) is 5.41 Å². The van der Waals surface area contributed by atoms with Gasteiger partial charge in [-0.2, -0.15) is 0 Å². The standard InChI is InChI=1S/C13H23N/c1-2-11-14-12-7-3-4-8-13(12)9-5-6-10-13/h2,12,14H,1,3-11H2. The first kappa shape index (κ1) is 10.2. The number of hydrogen-bond acceptors (Lipinski definition) is 1. The van der Waals surface area contributed by atoms with Crippen LogP contribution in [0.25, 0.3) is 0 Å². The molecule has 0 amide bonds. The summed E-state index contributed by atoms with van der Waals surface area (Å²) in [5.74, 6) is 0. The molecule has 1 nitrogen and oxygen atoms in total. The zero-order valence-electron chi connectivity index (χ0n) is 9.23. The molecular formula is C13H23N. The second-order valence-corrected chi connectivity index (χ2v) is 5.06. The Morgan fingerprint density at radius 1 is 1.14 bits per heavy atom. The highest BCUT2D eigenvalue weighted by Gasteiger charge is 2.41. The van der Waals surface area contributed by atoms with Crippen LogP contribution in [-0.4, -0.2) is 12.6 Å². The molecule has 2 saturated carbocycles. The Hall–Kier alpha value is -0.300. The molecule has 0 bridgehead atoms. The molecule has 1 N–H and O–H groups in total. The third kappa shape index (κ3) is 1.88. The minimum Gasteiger partial charge on any atom is -0.310 e. The SMILES string of the molecule is C=CCNC1CCCCC12CCCC2. The van der Waals surface area contributed by atoms with Crippen molar-refractivity contribution in [3.05, 3.63) is 12.7 Å². The maximum Gasteiger partial charge on any atom is 0.0135 e. The molecule has 0 aliphatic heterocycles. The summed E-state index contributed by atoms with van der Waals surface area (Å²) < 4.78 is 0. The summed E-state index contributed by atoms with van der Waals surface area (Å²) >= 11 is 0. The predicted octanol–water partition coefficient (Wildman–Crippen LogP) is 3.27. The topological polar surface area (TPSA) is 12.0 Å². The normalized spacial score (nSPS) is 30.7. The van der Waals surface area contributed by atoms with Crippen LogP contribution in [0.3, 0.4) is 0 Å². The molecule has 0 aromatic heterocycles. The molecule has 2 rings (SSSR count). The lowest BCUT2D eigenvalue weighted by molar-refractivity contribution is 0.134. The number of hydrogen-bond donors (Lipinski definition) is 1. The van der Waals surface area contributed by atoms with E-state index in [-0.39, 0.29) is 0 Å². The van der Waals surface area contributed by atoms with E-state index in [0.717, 1.165) is 12.6 Å². The van der Waals surface area contributed by atoms with E-state index in [4.69, 9.17) is 0 Å². The van der Waals surface area contributed by atoms with Gasteiger partial charge < -0.3 is 5.32 Å². The molecular weight excluding hydrogens is 170 g/mol. The maximum atomic E-state index is 3.80. The summed E-state index contributed by atoms with van der Waals surface area (Å²) in [6.07, 6.45) is 13.6. The summed E-state index contributed by atoms with van der Waals surface area (Å²) in [7, 11) is 0. The van der Waals surface area contributed by atoms with Gasteiger partial charge in [-0.1, -0.05) is 31.8 Å². The van der Waals surface area contributed by atoms with Crippen molar-refractivity contribution in [2.45, 2.75) is 57.4 Å². The highest BCUT2D eigenvalue weighted by atomic mass is 14.9. The molecule has 2 fully saturated rings. The van der Waals surface area contributed by atoms with Gasteiger partial charge in [-0.3, -0.25) is 0 Å². The Kier molecular flexibility index (Phi) is 3.27. The van der Waals surface area contributed by atoms with Gasteiger partial charge in [0.25, 0.3) is 0 Å². The number of nitrogens with one attached hydrogen (secondary N) is 1. The van der Waals surface area contributed by atoms with Crippen molar-refractivity contribution in [2.75, 3.05) is 6.54 Å². The highest BCUT2D eigenvalue weighted by molar-refractivity contribution is 4.97. The summed E-state index contributed by atoms with van der Waals surface area (Å²) in [6.45, 7) is 4.79. The van der Waals surface area contributed by atoms with E-state index in [0.29, 0.717) is 5.41 Å². The van der Waals surface area contributed by atoms with Crippen LogP contribution in [0.2, 0.25) is 0 Å². The van der Waals surface area contributed by atoms with Crippen LogP contribution >= 0.6 is 0 Å². The van der Waals surface area contributed by atoms with Crippen molar-refractivity contribution in [3.8, 4) is 0 Å². The fraction of sp³-hybridized carbons (Fsp3) is 0.846. The predicted molar refractivity (Wildman–Crippen MR) is 61.4 cm³/mol. The van der Waals surface area contributed by atoms with Crippen molar-refractivity contribution in [1.29, 1.82) is 0 Å². The Bertz CT molecular complexity index is 191. The van der Waals surface area contributed by atoms with Crippen LogP contribution in [0.4, 0.5) is 0 Å². The molecule has 80 valence electrons. The summed E-state index contributed by atoms with van der Waals surface area (Å²) in [6, 6.07) is 0.789. The van der Waals surface area contributed by atoms with Gasteiger partial charge in [-0.05, 0) is 31.1 Å². The van der Waals surface area contributed by atoms with Crippen LogP contribution in [0.15, 0.2) is 12.7 Å². The van der Waals surface area contributed by atoms with Gasteiger partial charge in [-0.25, -0.2) is 0 Å². The molecule has 1 unspecified atom stereocenters. The number of rotatable bonds is 3. The quantitative estimate of drug-likeness (QED) is 0.678. The zero-order chi connectivity index (χ0) is 9.86. The van der Waals surface area contributed by atoms with Crippen molar-refractivity contribution >= 4 is 0 Å². The Morgan fingerprint density at radius 3 is 2.43 bits per heavy atom. The third-order valence-electron chi connectivity index (χ3n) is 4.26. The van der Waals surface area contributed by atoms with Crippen molar-refractivity contribution in [3.63, 3.8) is 0 Å². The zero-order valence-corrected chi connectivity index (χ0v) is 9.23. The second-order valence-electron chi connectivity index (χ2n) is 5.06. The van der Waals surface area contributed by atoms with Gasteiger partial charge in [0.2, 0.25) is 0 Å². The molecule has 2 aliphatic rings. The Morgan fingerprint density at radius 2 is 1.79 bits per heavy atom. The van der Waals surface area contributed by atoms with Gasteiger partial charge in [0.05, 0.1) is 0 Å². The maximum absolute atomic E-state index is 3.80. The fourth-order valence-corrected chi connectivity index (χ4v) is 3.53. The van der Waals surface area contributed by atoms with E-state index in [9.17, 15) is 0 Å². The minimum atomic E-state index is 0.682. The molecule has 1 spiro atoms. The van der Waals surface area contributed by atoms with Gasteiger partial charge in [0.1, 0.15) is 0 Å². The first-order valence-corrected chi connectivity index (χ1v) is 6.22. The van der Waals surface area contributed by atoms with Crippen LogP contribution in [0.1, 0.15) is 51.4 Å². The van der Waals surface area contributed by atoms with E-state index < -0.39 is 0 Å². The average Bonchev–Trinajstić information content (AvgIpc) is 2.66. The largest absolute Gasteiger partial charge is 0.310 e. The van der Waals surface area contributed by atoms with E-state index in [1.165, 1.54) is 51.4 Å². The van der Waals surface area contributed by atoms with Gasteiger partial charge in [0.15, 0.2) is 0 Å². The summed E-state index contributed by atoms with van der Waals surface area (Å²) in [5, 5.41) is 3.69. The second kappa shape index (κ2) is 4.48. The van der Waals surface area contributed by atoms with E-state index in [1.54, 1.807) is 0 Å². The van der Waals surface area contributed by atoms with Crippen LogP contribution < -0.4 is 5.32 Å². The lowest BCUT2D eigenvalue weighted by Gasteiger charge is -2.42. The van der Waals surface area contributed by atoms with E-state index >= 15 is 0 Å². The Labute approximate surface area is 88.0 Å². The molecule has 14 heavy (non-hydrogen) atoms. The molecule has 0 aromatic carbocycles. The first-order valence-electron chi connectivity index (χ1n) is 6.22. The Balaban J connectivity index is 1.98. The lowest BCUT2D eigenvalue weighted by Crippen LogP contribution is -2.46. The summed E-state index contributed by atoms with van der Waals surface area (Å²) in [4.78, 5) is 0. The van der Waals surface area contributed by atoms with Crippen LogP contribution in [0.5, 0.6) is 0 Å². The third-order valence-corrected chi connectivity index (χ3v) is 4.26. The molecule has 0 radical (unpaired) electrons. The smallest absolute Gasteiger partial charge is 0.0135 e. The van der Waals surface area contributed by atoms with E-state index in [2.05, 4.69) is 11.9 Å². The van der Waals surface area contributed by atoms with E-state index in [1.807, 2.05) is 6.08 Å². The molecule has 0 aromatic rings. The molecule has 1 atom stereocenters. The highest BCUT2D eigenvalue weighted by Crippen LogP contribution is 2.48. The minimum absolute atomic E-state index is 0.682. The van der Waals surface area contributed by atoms with Crippen molar-refractivity contribution < 1.29 is 0 Å². The van der Waals surface area contributed by atoms with Gasteiger partial charge in [0, 0.05) is 12.6 Å². The molecule has 2 aliphatic carbocycles. The lowest BCUT2D eigenvalue weighted by atomic mass is 9.69. The average molecular weight is 193 g/mol. The van der Waals surface area contributed by atoms with Gasteiger partial charge in [-0.15, -0.1) is 6.58 Å². The fourth-order valence-electron chi connectivity index (χ4n) is 3.53. The van der Waals surface area contributed by atoms with Gasteiger partial charge >= 0.3 is 0 Å². The van der Waals surface area contributed by atoms with Crippen molar-refractivity contribution in [1.82, 2.24) is 5.32 Å². The monoisotopic (exact) mass is 193 g/mol. The summed E-state index contributed by atoms with van der Waals surface area (Å²) in [5.41, 5.74) is 0.682. The first-order chi connectivity index (χ1) is 6.87.